The molecule has 0 radical (unpaired) electrons. The number of anilines is 1. The smallest absolute Gasteiger partial charge is 0.295 e. The van der Waals surface area contributed by atoms with Gasteiger partial charge in [-0.05, 0) is 19.9 Å². The Morgan fingerprint density at radius 1 is 1.41 bits per heavy atom. The van der Waals surface area contributed by atoms with Crippen LogP contribution >= 0.6 is 0 Å². The number of rotatable bonds is 1. The lowest BCUT2D eigenvalue weighted by molar-refractivity contribution is -0.384. The summed E-state index contributed by atoms with van der Waals surface area (Å²) in [5.41, 5.74) is 0.626. The van der Waals surface area contributed by atoms with E-state index in [2.05, 4.69) is 5.32 Å². The quantitative estimate of drug-likeness (QED) is 0.646. The second-order valence-corrected chi connectivity index (χ2v) is 6.13. The molecule has 0 unspecified atom stereocenters. The van der Waals surface area contributed by atoms with Crippen LogP contribution in [-0.4, -0.2) is 21.6 Å². The van der Waals surface area contributed by atoms with Gasteiger partial charge >= 0.3 is 0 Å². The Labute approximate surface area is 126 Å². The molecule has 1 aliphatic rings. The number of nitrogens with zero attached hydrogens (tertiary/aromatic N) is 2. The molecule has 0 saturated carbocycles. The van der Waals surface area contributed by atoms with Crippen molar-refractivity contribution in [2.75, 3.05) is 11.9 Å². The number of fused-ring (bicyclic) bond motifs is 3. The maximum absolute atomic E-state index is 12.5. The molecule has 7 nitrogen and oxygen atoms in total. The van der Waals surface area contributed by atoms with E-state index in [4.69, 9.17) is 4.74 Å². The van der Waals surface area contributed by atoms with Gasteiger partial charge in [0.1, 0.15) is 0 Å². The lowest BCUT2D eigenvalue weighted by Gasteiger charge is -2.25. The molecular formula is C15H17N3O4. The van der Waals surface area contributed by atoms with Gasteiger partial charge in [-0.1, -0.05) is 0 Å². The molecule has 1 aliphatic heterocycles. The van der Waals surface area contributed by atoms with Crippen LogP contribution in [0.15, 0.2) is 23.0 Å². The summed E-state index contributed by atoms with van der Waals surface area (Å²) in [5, 5.41) is 15.0. The molecule has 3 rings (SSSR count). The Morgan fingerprint density at radius 3 is 2.82 bits per heavy atom. The van der Waals surface area contributed by atoms with E-state index in [0.717, 1.165) is 6.42 Å². The zero-order chi connectivity index (χ0) is 16.1. The number of hydrogen-bond donors (Lipinski definition) is 1. The number of nitrogens with one attached hydrogen (secondary N) is 1. The first-order chi connectivity index (χ1) is 10.3. The van der Waals surface area contributed by atoms with Gasteiger partial charge in [-0.2, -0.15) is 0 Å². The van der Waals surface area contributed by atoms with E-state index in [-0.39, 0.29) is 22.5 Å². The summed E-state index contributed by atoms with van der Waals surface area (Å²) in [4.78, 5) is 23.1. The first kappa shape index (κ1) is 14.4. The highest BCUT2D eigenvalue weighted by atomic mass is 16.6. The molecule has 116 valence electrons. The predicted octanol–water partition coefficient (Wildman–Crippen LogP) is 2.42. The first-order valence-electron chi connectivity index (χ1n) is 7.02. The monoisotopic (exact) mass is 303 g/mol. The number of nitro benzene ring substituents is 1. The highest BCUT2D eigenvalue weighted by Gasteiger charge is 2.28. The molecule has 7 heteroatoms. The standard InChI is InChI=1S/C15H17N3O4/c1-15(2)6-7-22-13-12(16-15)10-8-9(18(20)21)4-5-11(10)17(3)14(13)19/h4-5,8,16H,6-7H2,1-3H3. The predicted molar refractivity (Wildman–Crippen MR) is 83.7 cm³/mol. The van der Waals surface area contributed by atoms with Crippen molar-refractivity contribution in [2.45, 2.75) is 25.8 Å². The van der Waals surface area contributed by atoms with Crippen molar-refractivity contribution in [1.82, 2.24) is 4.57 Å². The topological polar surface area (TPSA) is 86.4 Å². The van der Waals surface area contributed by atoms with Gasteiger partial charge < -0.3 is 14.6 Å². The molecule has 2 aromatic rings. The van der Waals surface area contributed by atoms with Crippen molar-refractivity contribution in [1.29, 1.82) is 0 Å². The van der Waals surface area contributed by atoms with Gasteiger partial charge in [-0.15, -0.1) is 0 Å². The van der Waals surface area contributed by atoms with Gasteiger partial charge in [-0.3, -0.25) is 14.9 Å². The van der Waals surface area contributed by atoms with Crippen molar-refractivity contribution in [3.05, 3.63) is 38.7 Å². The molecule has 0 aliphatic carbocycles. The number of hydrogen-bond acceptors (Lipinski definition) is 5. The molecule has 0 bridgehead atoms. The van der Waals surface area contributed by atoms with Crippen molar-refractivity contribution < 1.29 is 9.66 Å². The van der Waals surface area contributed by atoms with Gasteiger partial charge in [0.05, 0.1) is 22.7 Å². The second-order valence-electron chi connectivity index (χ2n) is 6.13. The van der Waals surface area contributed by atoms with E-state index in [9.17, 15) is 14.9 Å². The van der Waals surface area contributed by atoms with Crippen molar-refractivity contribution in [3.63, 3.8) is 0 Å². The highest BCUT2D eigenvalue weighted by molar-refractivity contribution is 5.96. The summed E-state index contributed by atoms with van der Waals surface area (Å²) in [6.45, 7) is 4.43. The SMILES string of the molecule is Cn1c(=O)c2c(c3cc([N+](=O)[O-])ccc31)NC(C)(C)CCO2. The third-order valence-corrected chi connectivity index (χ3v) is 3.98. The van der Waals surface area contributed by atoms with E-state index < -0.39 is 4.92 Å². The Balaban J connectivity index is 2.40. The van der Waals surface area contributed by atoms with Gasteiger partial charge in [-0.25, -0.2) is 0 Å². The molecule has 22 heavy (non-hydrogen) atoms. The number of aryl methyl sites for hydroxylation is 1. The molecule has 0 atom stereocenters. The fraction of sp³-hybridized carbons (Fsp3) is 0.400. The van der Waals surface area contributed by atoms with Crippen LogP contribution < -0.4 is 15.6 Å². The molecular weight excluding hydrogens is 286 g/mol. The van der Waals surface area contributed by atoms with Crippen LogP contribution in [0.5, 0.6) is 5.75 Å². The van der Waals surface area contributed by atoms with Gasteiger partial charge in [0.15, 0.2) is 0 Å². The minimum absolute atomic E-state index is 0.0165. The highest BCUT2D eigenvalue weighted by Crippen LogP contribution is 2.36. The lowest BCUT2D eigenvalue weighted by atomic mass is 10.0. The van der Waals surface area contributed by atoms with E-state index in [1.807, 2.05) is 13.8 Å². The van der Waals surface area contributed by atoms with Crippen LogP contribution in [0.4, 0.5) is 11.4 Å². The Kier molecular flexibility index (Phi) is 3.09. The fourth-order valence-corrected chi connectivity index (χ4v) is 2.69. The van der Waals surface area contributed by atoms with Crippen molar-refractivity contribution in [2.24, 2.45) is 7.05 Å². The summed E-state index contributed by atoms with van der Waals surface area (Å²) < 4.78 is 7.09. The summed E-state index contributed by atoms with van der Waals surface area (Å²) in [6.07, 6.45) is 0.723. The van der Waals surface area contributed by atoms with Crippen LogP contribution in [0.1, 0.15) is 20.3 Å². The number of aromatic nitrogens is 1. The van der Waals surface area contributed by atoms with E-state index in [0.29, 0.717) is 23.2 Å². The minimum atomic E-state index is -0.445. The maximum Gasteiger partial charge on any atom is 0.295 e. The molecule has 1 N–H and O–H groups in total. The Bertz CT molecular complexity index is 839. The van der Waals surface area contributed by atoms with Crippen LogP contribution in [0.25, 0.3) is 10.9 Å². The molecule has 0 amide bonds. The third kappa shape index (κ3) is 2.18. The Hall–Kier alpha value is -2.57. The number of ether oxygens (including phenoxy) is 1. The number of pyridine rings is 1. The van der Waals surface area contributed by atoms with Crippen LogP contribution in [0, 0.1) is 10.1 Å². The minimum Gasteiger partial charge on any atom is -0.486 e. The maximum atomic E-state index is 12.5. The molecule has 0 saturated heterocycles. The van der Waals surface area contributed by atoms with Crippen LogP contribution in [0.3, 0.4) is 0 Å². The van der Waals surface area contributed by atoms with Gasteiger partial charge in [0, 0.05) is 36.5 Å². The summed E-state index contributed by atoms with van der Waals surface area (Å²) in [7, 11) is 1.64. The molecule has 1 aromatic carbocycles. The first-order valence-corrected chi connectivity index (χ1v) is 7.02. The Morgan fingerprint density at radius 2 is 2.14 bits per heavy atom. The molecule has 2 heterocycles. The van der Waals surface area contributed by atoms with Gasteiger partial charge in [0.25, 0.3) is 11.2 Å². The molecule has 0 spiro atoms. The molecule has 0 fully saturated rings. The second kappa shape index (κ2) is 4.72. The number of benzene rings is 1. The van der Waals surface area contributed by atoms with E-state index in [1.54, 1.807) is 13.1 Å². The van der Waals surface area contributed by atoms with E-state index in [1.165, 1.54) is 16.7 Å². The number of nitro groups is 1. The molecule has 1 aromatic heterocycles. The summed E-state index contributed by atoms with van der Waals surface area (Å²) in [6, 6.07) is 4.47. The third-order valence-electron chi connectivity index (χ3n) is 3.98. The van der Waals surface area contributed by atoms with Crippen LogP contribution in [0.2, 0.25) is 0 Å². The summed E-state index contributed by atoms with van der Waals surface area (Å²) in [5.74, 6) is 0.223. The van der Waals surface area contributed by atoms with Crippen LogP contribution in [-0.2, 0) is 7.05 Å². The van der Waals surface area contributed by atoms with Crippen molar-refractivity contribution >= 4 is 22.3 Å². The normalized spacial score (nSPS) is 16.3. The average Bonchev–Trinajstić information content (AvgIpc) is 2.62. The summed E-state index contributed by atoms with van der Waals surface area (Å²) >= 11 is 0. The zero-order valence-corrected chi connectivity index (χ0v) is 12.7. The van der Waals surface area contributed by atoms with E-state index >= 15 is 0 Å². The largest absolute Gasteiger partial charge is 0.486 e. The zero-order valence-electron chi connectivity index (χ0n) is 12.7. The average molecular weight is 303 g/mol. The van der Waals surface area contributed by atoms with Crippen molar-refractivity contribution in [3.8, 4) is 5.75 Å². The number of non-ortho nitro benzene ring substituents is 1. The fourth-order valence-electron chi connectivity index (χ4n) is 2.69. The van der Waals surface area contributed by atoms with Gasteiger partial charge in [0.2, 0.25) is 5.75 Å². The lowest BCUT2D eigenvalue weighted by Crippen LogP contribution is -2.31.